The highest BCUT2D eigenvalue weighted by Gasteiger charge is 2.14. The van der Waals surface area contributed by atoms with E-state index in [-0.39, 0.29) is 5.69 Å². The van der Waals surface area contributed by atoms with Crippen LogP contribution < -0.4 is 5.69 Å². The number of hydrogen-bond acceptors (Lipinski definition) is 4. The van der Waals surface area contributed by atoms with Crippen molar-refractivity contribution in [1.82, 2.24) is 24.3 Å². The van der Waals surface area contributed by atoms with Crippen molar-refractivity contribution in [3.63, 3.8) is 0 Å². The smallest absolute Gasteiger partial charge is 0.323 e. The van der Waals surface area contributed by atoms with E-state index in [2.05, 4.69) is 26.9 Å². The molecule has 27 heavy (non-hydrogen) atoms. The lowest BCUT2D eigenvalue weighted by molar-refractivity contribution is 0.660. The van der Waals surface area contributed by atoms with Crippen LogP contribution in [0.3, 0.4) is 0 Å². The fourth-order valence-electron chi connectivity index (χ4n) is 3.03. The van der Waals surface area contributed by atoms with E-state index in [4.69, 9.17) is 16.6 Å². The van der Waals surface area contributed by atoms with E-state index in [0.717, 1.165) is 23.4 Å². The number of aromatic amines is 1. The Kier molecular flexibility index (Phi) is 5.05. The van der Waals surface area contributed by atoms with Crippen molar-refractivity contribution in [3.05, 3.63) is 75.4 Å². The third-order valence-electron chi connectivity index (χ3n) is 4.34. The molecule has 0 fully saturated rings. The number of thioether (sulfide) groups is 1. The Morgan fingerprint density at radius 1 is 1.15 bits per heavy atom. The summed E-state index contributed by atoms with van der Waals surface area (Å²) in [7, 11) is 0. The molecule has 138 valence electrons. The van der Waals surface area contributed by atoms with Crippen LogP contribution in [0.5, 0.6) is 0 Å². The third-order valence-corrected chi connectivity index (χ3v) is 5.55. The predicted molar refractivity (Wildman–Crippen MR) is 108 cm³/mol. The van der Waals surface area contributed by atoms with E-state index >= 15 is 0 Å². The fraction of sp³-hybridized carbons (Fsp3) is 0.211. The van der Waals surface area contributed by atoms with Gasteiger partial charge in [0.25, 0.3) is 0 Å². The molecule has 0 bridgehead atoms. The second-order valence-corrected chi connectivity index (χ2v) is 7.46. The number of nitrogens with one attached hydrogen (secondary N) is 1. The third kappa shape index (κ3) is 3.65. The van der Waals surface area contributed by atoms with Crippen molar-refractivity contribution in [2.75, 3.05) is 0 Å². The van der Waals surface area contributed by atoms with Gasteiger partial charge in [-0.1, -0.05) is 53.7 Å². The maximum absolute atomic E-state index is 11.8. The molecule has 4 aromatic rings. The number of hydrogen-bond donors (Lipinski definition) is 1. The first-order valence-corrected chi connectivity index (χ1v) is 9.98. The summed E-state index contributed by atoms with van der Waals surface area (Å²) in [6.07, 6.45) is 0. The molecular weight excluding hydrogens is 382 g/mol. The summed E-state index contributed by atoms with van der Waals surface area (Å²) in [5.41, 5.74) is 2.91. The van der Waals surface area contributed by atoms with Gasteiger partial charge in [0.1, 0.15) is 5.82 Å². The van der Waals surface area contributed by atoms with E-state index in [1.165, 1.54) is 17.3 Å². The van der Waals surface area contributed by atoms with Gasteiger partial charge in [-0.25, -0.2) is 14.9 Å². The Labute approximate surface area is 165 Å². The molecule has 0 saturated carbocycles. The molecule has 0 spiro atoms. The molecule has 0 aliphatic carbocycles. The summed E-state index contributed by atoms with van der Waals surface area (Å²) < 4.78 is 3.81. The van der Waals surface area contributed by atoms with Crippen molar-refractivity contribution in [1.29, 1.82) is 0 Å². The van der Waals surface area contributed by atoms with Crippen LogP contribution in [0.2, 0.25) is 5.02 Å². The molecule has 0 aliphatic rings. The van der Waals surface area contributed by atoms with E-state index in [9.17, 15) is 4.79 Å². The largest absolute Gasteiger partial charge is 0.343 e. The second-order valence-electron chi connectivity index (χ2n) is 6.08. The lowest BCUT2D eigenvalue weighted by atomic mass is 10.2. The van der Waals surface area contributed by atoms with E-state index in [1.807, 2.05) is 43.3 Å². The normalized spacial score (nSPS) is 11.3. The van der Waals surface area contributed by atoms with Crippen LogP contribution in [-0.2, 0) is 18.8 Å². The summed E-state index contributed by atoms with van der Waals surface area (Å²) in [6, 6.07) is 16.0. The Balaban J connectivity index is 1.70. The Bertz CT molecular complexity index is 1130. The van der Waals surface area contributed by atoms with Gasteiger partial charge in [-0.3, -0.25) is 4.57 Å². The van der Waals surface area contributed by atoms with Crippen LogP contribution >= 0.6 is 23.4 Å². The minimum atomic E-state index is -0.190. The van der Waals surface area contributed by atoms with Crippen molar-refractivity contribution in [2.45, 2.75) is 30.9 Å². The highest BCUT2D eigenvalue weighted by atomic mass is 35.5. The summed E-state index contributed by atoms with van der Waals surface area (Å²) >= 11 is 7.64. The van der Waals surface area contributed by atoms with Crippen molar-refractivity contribution in [3.8, 4) is 0 Å². The molecule has 1 N–H and O–H groups in total. The van der Waals surface area contributed by atoms with Crippen molar-refractivity contribution < 1.29 is 0 Å². The van der Waals surface area contributed by atoms with Crippen molar-refractivity contribution >= 4 is 34.4 Å². The quantitative estimate of drug-likeness (QED) is 0.499. The fourth-order valence-corrected chi connectivity index (χ4v) is 4.15. The van der Waals surface area contributed by atoms with Gasteiger partial charge in [-0.05, 0) is 30.7 Å². The molecule has 0 amide bonds. The first kappa shape index (κ1) is 17.9. The van der Waals surface area contributed by atoms with Crippen LogP contribution in [0.15, 0.2) is 58.5 Å². The zero-order valence-electron chi connectivity index (χ0n) is 14.7. The molecule has 0 saturated heterocycles. The van der Waals surface area contributed by atoms with Gasteiger partial charge in [-0.2, -0.15) is 0 Å². The molecule has 2 heterocycles. The number of benzene rings is 2. The lowest BCUT2D eigenvalue weighted by Crippen LogP contribution is -2.16. The minimum Gasteiger partial charge on any atom is -0.323 e. The summed E-state index contributed by atoms with van der Waals surface area (Å²) in [5.74, 6) is 1.52. The average molecular weight is 400 g/mol. The van der Waals surface area contributed by atoms with E-state index < -0.39 is 0 Å². The number of imidazole rings is 1. The number of nitrogens with zero attached hydrogens (tertiary/aromatic N) is 4. The molecule has 6 nitrogen and oxygen atoms in total. The van der Waals surface area contributed by atoms with Crippen molar-refractivity contribution in [2.24, 2.45) is 0 Å². The Hall–Kier alpha value is -2.51. The first-order chi connectivity index (χ1) is 13.2. The molecule has 2 aromatic heterocycles. The van der Waals surface area contributed by atoms with Crippen LogP contribution in [0, 0.1) is 0 Å². The number of H-pyrrole nitrogens is 1. The van der Waals surface area contributed by atoms with Gasteiger partial charge in [0, 0.05) is 18.1 Å². The van der Waals surface area contributed by atoms with Crippen LogP contribution in [0.25, 0.3) is 11.0 Å². The number of fused-ring (bicyclic) bond motifs is 1. The van der Waals surface area contributed by atoms with Crippen LogP contribution in [0.4, 0.5) is 0 Å². The SMILES string of the molecule is CCn1c(SCc2nc3cc(Cl)ccc3n2Cc2ccccc2)n[nH]c1=O. The Morgan fingerprint density at radius 3 is 2.74 bits per heavy atom. The Morgan fingerprint density at radius 2 is 1.96 bits per heavy atom. The first-order valence-electron chi connectivity index (χ1n) is 8.62. The molecule has 2 aromatic carbocycles. The molecular formula is C19H18ClN5OS. The molecule has 0 atom stereocenters. The van der Waals surface area contributed by atoms with E-state index in [1.54, 1.807) is 4.57 Å². The topological polar surface area (TPSA) is 68.5 Å². The second kappa shape index (κ2) is 7.62. The zero-order valence-corrected chi connectivity index (χ0v) is 16.3. The van der Waals surface area contributed by atoms with Gasteiger partial charge in [-0.15, -0.1) is 5.10 Å². The highest BCUT2D eigenvalue weighted by molar-refractivity contribution is 7.98. The van der Waals surface area contributed by atoms with Gasteiger partial charge in [0.2, 0.25) is 0 Å². The summed E-state index contributed by atoms with van der Waals surface area (Å²) in [6.45, 7) is 3.22. The van der Waals surface area contributed by atoms with Gasteiger partial charge in [0.05, 0.1) is 16.8 Å². The predicted octanol–water partition coefficient (Wildman–Crippen LogP) is 3.94. The molecule has 8 heteroatoms. The van der Waals surface area contributed by atoms with Gasteiger partial charge < -0.3 is 4.57 Å². The minimum absolute atomic E-state index is 0.190. The maximum Gasteiger partial charge on any atom is 0.343 e. The summed E-state index contributed by atoms with van der Waals surface area (Å²) in [4.78, 5) is 16.5. The molecule has 0 radical (unpaired) electrons. The average Bonchev–Trinajstić information content (AvgIpc) is 3.20. The highest BCUT2D eigenvalue weighted by Crippen LogP contribution is 2.26. The van der Waals surface area contributed by atoms with E-state index in [0.29, 0.717) is 22.5 Å². The summed E-state index contributed by atoms with van der Waals surface area (Å²) in [5, 5.41) is 7.95. The van der Waals surface area contributed by atoms with Crippen LogP contribution in [-0.4, -0.2) is 24.3 Å². The zero-order chi connectivity index (χ0) is 18.8. The number of aromatic nitrogens is 5. The number of rotatable bonds is 6. The molecule has 0 unspecified atom stereocenters. The van der Waals surface area contributed by atoms with Gasteiger partial charge in [0.15, 0.2) is 5.16 Å². The standard InChI is InChI=1S/C19H18ClN5OS/c1-2-24-18(26)22-23-19(24)27-12-17-21-15-10-14(20)8-9-16(15)25(17)11-13-6-4-3-5-7-13/h3-10H,2,11-12H2,1H3,(H,22,26). The lowest BCUT2D eigenvalue weighted by Gasteiger charge is -2.09. The molecule has 0 aliphatic heterocycles. The monoisotopic (exact) mass is 399 g/mol. The van der Waals surface area contributed by atoms with Gasteiger partial charge >= 0.3 is 5.69 Å². The maximum atomic E-state index is 11.8. The number of halogens is 1. The molecule has 4 rings (SSSR count). The van der Waals surface area contributed by atoms with Crippen LogP contribution in [0.1, 0.15) is 18.3 Å².